The van der Waals surface area contributed by atoms with Crippen LogP contribution in [0.4, 0.5) is 11.5 Å². The zero-order chi connectivity index (χ0) is 17.3. The smallest absolute Gasteiger partial charge is 0.136 e. The number of hydrogen-bond donors (Lipinski definition) is 0. The number of rotatable bonds is 2. The Labute approximate surface area is 154 Å². The summed E-state index contributed by atoms with van der Waals surface area (Å²) in [5.41, 5.74) is 4.19. The summed E-state index contributed by atoms with van der Waals surface area (Å²) < 4.78 is 5.52. The predicted octanol–water partition coefficient (Wildman–Crippen LogP) is 3.63. The number of benzene rings is 2. The summed E-state index contributed by atoms with van der Waals surface area (Å²) in [7, 11) is 0. The van der Waals surface area contributed by atoms with E-state index >= 15 is 0 Å². The Morgan fingerprint density at radius 1 is 0.769 bits per heavy atom. The molecule has 0 radical (unpaired) electrons. The van der Waals surface area contributed by atoms with E-state index in [1.165, 1.54) is 27.6 Å². The maximum absolute atomic E-state index is 5.52. The van der Waals surface area contributed by atoms with Gasteiger partial charge in [0.2, 0.25) is 0 Å². The largest absolute Gasteiger partial charge is 0.378 e. The van der Waals surface area contributed by atoms with Gasteiger partial charge in [-0.25, -0.2) is 4.98 Å². The zero-order valence-electron chi connectivity index (χ0n) is 14.9. The van der Waals surface area contributed by atoms with Crippen molar-refractivity contribution in [2.45, 2.75) is 13.0 Å². The molecular weight excluding hydrogens is 322 g/mol. The molecule has 1 aromatic heterocycles. The molecule has 0 bridgehead atoms. The molecule has 3 aromatic rings. The van der Waals surface area contributed by atoms with Crippen LogP contribution in [0.25, 0.3) is 10.8 Å². The minimum Gasteiger partial charge on any atom is -0.378 e. The highest BCUT2D eigenvalue weighted by Crippen LogP contribution is 2.34. The highest BCUT2D eigenvalue weighted by atomic mass is 16.5. The van der Waals surface area contributed by atoms with E-state index < -0.39 is 0 Å². The molecule has 26 heavy (non-hydrogen) atoms. The van der Waals surface area contributed by atoms with Crippen LogP contribution in [-0.2, 0) is 17.7 Å². The Morgan fingerprint density at radius 2 is 1.62 bits per heavy atom. The third-order valence-corrected chi connectivity index (χ3v) is 5.54. The third-order valence-electron chi connectivity index (χ3n) is 5.54. The van der Waals surface area contributed by atoms with Crippen LogP contribution in [-0.4, -0.2) is 37.8 Å². The van der Waals surface area contributed by atoms with Gasteiger partial charge in [-0.2, -0.15) is 0 Å². The van der Waals surface area contributed by atoms with Crippen molar-refractivity contribution in [3.8, 4) is 0 Å². The predicted molar refractivity (Wildman–Crippen MR) is 106 cm³/mol. The number of morpholine rings is 1. The summed E-state index contributed by atoms with van der Waals surface area (Å²) in [5.74, 6) is 1.10. The van der Waals surface area contributed by atoms with Crippen molar-refractivity contribution in [3.05, 3.63) is 65.9 Å². The summed E-state index contributed by atoms with van der Waals surface area (Å²) in [5, 5.41) is 2.54. The monoisotopic (exact) mass is 345 g/mol. The van der Waals surface area contributed by atoms with Crippen molar-refractivity contribution >= 4 is 22.3 Å². The fraction of sp³-hybridized carbons (Fsp3) is 0.318. The van der Waals surface area contributed by atoms with Crippen molar-refractivity contribution < 1.29 is 4.74 Å². The molecule has 4 heteroatoms. The number of nitrogens with zero attached hydrogens (tertiary/aromatic N) is 3. The minimum absolute atomic E-state index is 0.803. The van der Waals surface area contributed by atoms with Crippen LogP contribution in [0.1, 0.15) is 11.1 Å². The molecule has 132 valence electrons. The van der Waals surface area contributed by atoms with E-state index in [1.54, 1.807) is 0 Å². The lowest BCUT2D eigenvalue weighted by atomic mass is 9.99. The summed E-state index contributed by atoms with van der Waals surface area (Å²) in [4.78, 5) is 9.63. The van der Waals surface area contributed by atoms with E-state index in [-0.39, 0.29) is 0 Å². The van der Waals surface area contributed by atoms with Gasteiger partial charge >= 0.3 is 0 Å². The first kappa shape index (κ1) is 15.6. The molecule has 0 saturated carbocycles. The normalized spacial score (nSPS) is 17.4. The molecule has 2 aromatic carbocycles. The van der Waals surface area contributed by atoms with Gasteiger partial charge < -0.3 is 14.5 Å². The van der Waals surface area contributed by atoms with Gasteiger partial charge in [0.05, 0.1) is 13.2 Å². The molecule has 0 aliphatic carbocycles. The SMILES string of the molecule is c1ccc2c(c1)CCN(c1nccc3c(N4CCOCC4)cccc13)C2. The van der Waals surface area contributed by atoms with Crippen LogP contribution in [0.3, 0.4) is 0 Å². The van der Waals surface area contributed by atoms with Crippen LogP contribution in [0, 0.1) is 0 Å². The fourth-order valence-electron chi connectivity index (χ4n) is 4.18. The van der Waals surface area contributed by atoms with Crippen LogP contribution >= 0.6 is 0 Å². The first-order valence-corrected chi connectivity index (χ1v) is 9.42. The van der Waals surface area contributed by atoms with Gasteiger partial charge in [0.15, 0.2) is 0 Å². The molecule has 4 nitrogen and oxygen atoms in total. The van der Waals surface area contributed by atoms with Crippen LogP contribution < -0.4 is 9.80 Å². The Bertz CT molecular complexity index is 934. The van der Waals surface area contributed by atoms with Gasteiger partial charge in [0.25, 0.3) is 0 Å². The van der Waals surface area contributed by atoms with Crippen molar-refractivity contribution in [2.24, 2.45) is 0 Å². The van der Waals surface area contributed by atoms with Gasteiger partial charge in [0.1, 0.15) is 5.82 Å². The highest BCUT2D eigenvalue weighted by molar-refractivity contribution is 6.00. The molecule has 2 aliphatic rings. The van der Waals surface area contributed by atoms with Crippen LogP contribution in [0.15, 0.2) is 54.7 Å². The molecular formula is C22H23N3O. The first-order valence-electron chi connectivity index (χ1n) is 9.42. The molecule has 0 N–H and O–H groups in total. The average Bonchev–Trinajstić information content (AvgIpc) is 2.73. The van der Waals surface area contributed by atoms with Crippen molar-refractivity contribution in [3.63, 3.8) is 0 Å². The molecule has 2 aliphatic heterocycles. The lowest BCUT2D eigenvalue weighted by Gasteiger charge is -2.32. The molecule has 1 saturated heterocycles. The number of fused-ring (bicyclic) bond motifs is 2. The van der Waals surface area contributed by atoms with Gasteiger partial charge in [0, 0.05) is 48.8 Å². The Balaban J connectivity index is 1.55. The average molecular weight is 345 g/mol. The second kappa shape index (κ2) is 6.61. The highest BCUT2D eigenvalue weighted by Gasteiger charge is 2.20. The maximum Gasteiger partial charge on any atom is 0.136 e. The summed E-state index contributed by atoms with van der Waals surface area (Å²) in [6, 6.07) is 17.5. The molecule has 0 unspecified atom stereocenters. The van der Waals surface area contributed by atoms with E-state index in [9.17, 15) is 0 Å². The van der Waals surface area contributed by atoms with Crippen molar-refractivity contribution in [2.75, 3.05) is 42.6 Å². The standard InChI is InChI=1S/C22H23N3O/c1-2-5-18-16-25(11-9-17(18)4-1)22-20-6-3-7-21(19(20)8-10-23-22)24-12-14-26-15-13-24/h1-8,10H,9,11-16H2. The second-order valence-corrected chi connectivity index (χ2v) is 7.05. The Kier molecular flexibility index (Phi) is 3.98. The number of pyridine rings is 1. The van der Waals surface area contributed by atoms with Gasteiger partial charge in [-0.3, -0.25) is 0 Å². The molecule has 3 heterocycles. The minimum atomic E-state index is 0.803. The molecule has 0 spiro atoms. The van der Waals surface area contributed by atoms with E-state index in [2.05, 4.69) is 58.3 Å². The molecule has 1 fully saturated rings. The lowest BCUT2D eigenvalue weighted by Crippen LogP contribution is -2.36. The van der Waals surface area contributed by atoms with E-state index in [1.807, 2.05) is 6.20 Å². The molecule has 0 atom stereocenters. The third kappa shape index (κ3) is 2.71. The maximum atomic E-state index is 5.52. The number of aromatic nitrogens is 1. The Morgan fingerprint density at radius 3 is 2.50 bits per heavy atom. The summed E-state index contributed by atoms with van der Waals surface area (Å²) in [6.45, 7) is 5.46. The topological polar surface area (TPSA) is 28.6 Å². The van der Waals surface area contributed by atoms with Crippen molar-refractivity contribution in [1.29, 1.82) is 0 Å². The Hall–Kier alpha value is -2.59. The van der Waals surface area contributed by atoms with E-state index in [0.717, 1.165) is 51.6 Å². The van der Waals surface area contributed by atoms with Crippen molar-refractivity contribution in [1.82, 2.24) is 4.98 Å². The number of ether oxygens (including phenoxy) is 1. The van der Waals surface area contributed by atoms with E-state index in [0.29, 0.717) is 0 Å². The lowest BCUT2D eigenvalue weighted by molar-refractivity contribution is 0.123. The second-order valence-electron chi connectivity index (χ2n) is 7.05. The van der Waals surface area contributed by atoms with Crippen LogP contribution in [0.5, 0.6) is 0 Å². The molecule has 5 rings (SSSR count). The quantitative estimate of drug-likeness (QED) is 0.709. The fourth-order valence-corrected chi connectivity index (χ4v) is 4.18. The zero-order valence-corrected chi connectivity index (χ0v) is 14.9. The van der Waals surface area contributed by atoms with Crippen LogP contribution in [0.2, 0.25) is 0 Å². The molecule has 0 amide bonds. The van der Waals surface area contributed by atoms with E-state index in [4.69, 9.17) is 9.72 Å². The van der Waals surface area contributed by atoms with Gasteiger partial charge in [-0.15, -0.1) is 0 Å². The van der Waals surface area contributed by atoms with Gasteiger partial charge in [-0.05, 0) is 29.7 Å². The summed E-state index contributed by atoms with van der Waals surface area (Å²) in [6.07, 6.45) is 3.04. The number of anilines is 2. The first-order chi connectivity index (χ1) is 12.9. The summed E-state index contributed by atoms with van der Waals surface area (Å²) >= 11 is 0. The number of hydrogen-bond acceptors (Lipinski definition) is 4. The van der Waals surface area contributed by atoms with Gasteiger partial charge in [-0.1, -0.05) is 36.4 Å².